The van der Waals surface area contributed by atoms with Crippen molar-refractivity contribution in [2.75, 3.05) is 17.3 Å². The van der Waals surface area contributed by atoms with Crippen LogP contribution in [-0.2, 0) is 16.1 Å². The largest absolute Gasteiger partial charge is 0.465 e. The Morgan fingerprint density at radius 3 is 2.54 bits per heavy atom. The zero-order valence-corrected chi connectivity index (χ0v) is 15.0. The number of amides is 1. The molecule has 0 bridgehead atoms. The summed E-state index contributed by atoms with van der Waals surface area (Å²) in [6.45, 7) is 4.42. The lowest BCUT2D eigenvalue weighted by Crippen LogP contribution is -2.50. The summed E-state index contributed by atoms with van der Waals surface area (Å²) in [5.74, 6) is -0.813. The standard InChI is InChI=1S/C20H21FN2O3/c1-12(2)18-19(24)22-16-10-14(20(25)26-3)6-9-17(16)23(18)11-13-4-7-15(21)8-5-13/h4-10,12,18H,11H2,1-3H3,(H,22,24)/t18-/m0/s1. The van der Waals surface area contributed by atoms with E-state index in [-0.39, 0.29) is 23.7 Å². The van der Waals surface area contributed by atoms with E-state index in [0.29, 0.717) is 17.8 Å². The fourth-order valence-corrected chi connectivity index (χ4v) is 3.26. The maximum atomic E-state index is 13.2. The highest BCUT2D eigenvalue weighted by Crippen LogP contribution is 2.36. The highest BCUT2D eigenvalue weighted by molar-refractivity contribution is 6.05. The number of ether oxygens (including phenoxy) is 1. The number of anilines is 2. The number of nitrogens with zero attached hydrogens (tertiary/aromatic N) is 1. The third-order valence-corrected chi connectivity index (χ3v) is 4.49. The van der Waals surface area contributed by atoms with E-state index in [0.717, 1.165) is 11.3 Å². The van der Waals surface area contributed by atoms with Crippen molar-refractivity contribution in [2.45, 2.75) is 26.4 Å². The van der Waals surface area contributed by atoms with Crippen LogP contribution in [0, 0.1) is 11.7 Å². The minimum Gasteiger partial charge on any atom is -0.465 e. The van der Waals surface area contributed by atoms with Crippen LogP contribution in [0.25, 0.3) is 0 Å². The van der Waals surface area contributed by atoms with Gasteiger partial charge in [0.2, 0.25) is 5.91 Å². The Balaban J connectivity index is 2.02. The molecule has 5 nitrogen and oxygen atoms in total. The number of esters is 1. The molecule has 0 saturated heterocycles. The van der Waals surface area contributed by atoms with Crippen molar-refractivity contribution < 1.29 is 18.7 Å². The van der Waals surface area contributed by atoms with Gasteiger partial charge in [-0.2, -0.15) is 0 Å². The van der Waals surface area contributed by atoms with Crippen LogP contribution in [0.2, 0.25) is 0 Å². The fraction of sp³-hybridized carbons (Fsp3) is 0.300. The fourth-order valence-electron chi connectivity index (χ4n) is 3.26. The van der Waals surface area contributed by atoms with Gasteiger partial charge in [0, 0.05) is 6.54 Å². The van der Waals surface area contributed by atoms with Gasteiger partial charge >= 0.3 is 5.97 Å². The predicted molar refractivity (Wildman–Crippen MR) is 97.6 cm³/mol. The molecular formula is C20H21FN2O3. The van der Waals surface area contributed by atoms with E-state index in [1.807, 2.05) is 18.7 Å². The van der Waals surface area contributed by atoms with Gasteiger partial charge in [0.1, 0.15) is 11.9 Å². The van der Waals surface area contributed by atoms with E-state index < -0.39 is 5.97 Å². The average molecular weight is 356 g/mol. The van der Waals surface area contributed by atoms with Gasteiger partial charge in [0.15, 0.2) is 0 Å². The molecule has 1 aliphatic heterocycles. The number of methoxy groups -OCH3 is 1. The average Bonchev–Trinajstić information content (AvgIpc) is 2.61. The van der Waals surface area contributed by atoms with Gasteiger partial charge in [-0.05, 0) is 41.8 Å². The van der Waals surface area contributed by atoms with Gasteiger partial charge in [-0.15, -0.1) is 0 Å². The van der Waals surface area contributed by atoms with Crippen LogP contribution < -0.4 is 10.2 Å². The predicted octanol–water partition coefficient (Wildman–Crippen LogP) is 3.60. The van der Waals surface area contributed by atoms with E-state index in [9.17, 15) is 14.0 Å². The Morgan fingerprint density at radius 1 is 1.23 bits per heavy atom. The van der Waals surface area contributed by atoms with Crippen molar-refractivity contribution in [1.29, 1.82) is 0 Å². The molecule has 136 valence electrons. The maximum absolute atomic E-state index is 13.2. The number of fused-ring (bicyclic) bond motifs is 1. The van der Waals surface area contributed by atoms with Crippen LogP contribution in [0.5, 0.6) is 0 Å². The molecule has 1 atom stereocenters. The Kier molecular flexibility index (Phi) is 4.93. The quantitative estimate of drug-likeness (QED) is 0.851. The SMILES string of the molecule is COC(=O)c1ccc2c(c1)NC(=O)[C@H](C(C)C)N2Cc1ccc(F)cc1. The number of rotatable bonds is 4. The van der Waals surface area contributed by atoms with Crippen molar-refractivity contribution in [3.05, 3.63) is 59.4 Å². The molecule has 2 aromatic rings. The molecule has 0 saturated carbocycles. The highest BCUT2D eigenvalue weighted by atomic mass is 19.1. The molecule has 3 rings (SSSR count). The van der Waals surface area contributed by atoms with Gasteiger partial charge in [0.05, 0.1) is 24.0 Å². The second-order valence-electron chi connectivity index (χ2n) is 6.66. The molecule has 0 radical (unpaired) electrons. The third-order valence-electron chi connectivity index (χ3n) is 4.49. The second-order valence-corrected chi connectivity index (χ2v) is 6.66. The van der Waals surface area contributed by atoms with Crippen LogP contribution in [0.1, 0.15) is 29.8 Å². The maximum Gasteiger partial charge on any atom is 0.337 e. The van der Waals surface area contributed by atoms with Gasteiger partial charge in [-0.3, -0.25) is 4.79 Å². The Bertz CT molecular complexity index is 833. The molecule has 1 aliphatic rings. The number of nitrogens with one attached hydrogen (secondary N) is 1. The molecule has 0 spiro atoms. The Hall–Kier alpha value is -2.89. The second kappa shape index (κ2) is 7.15. The smallest absolute Gasteiger partial charge is 0.337 e. The summed E-state index contributed by atoms with van der Waals surface area (Å²) in [5.41, 5.74) is 2.66. The lowest BCUT2D eigenvalue weighted by atomic mass is 9.96. The monoisotopic (exact) mass is 356 g/mol. The first-order valence-electron chi connectivity index (χ1n) is 8.45. The number of hydrogen-bond acceptors (Lipinski definition) is 4. The van der Waals surface area contributed by atoms with E-state index in [2.05, 4.69) is 5.32 Å². The number of carbonyl (C=O) groups excluding carboxylic acids is 2. The summed E-state index contributed by atoms with van der Waals surface area (Å²) in [6.07, 6.45) is 0. The molecule has 0 aliphatic carbocycles. The summed E-state index contributed by atoms with van der Waals surface area (Å²) in [5, 5.41) is 2.89. The normalized spacial score (nSPS) is 16.3. The topological polar surface area (TPSA) is 58.6 Å². The number of carbonyl (C=O) groups is 2. The molecule has 1 heterocycles. The van der Waals surface area contributed by atoms with Crippen LogP contribution in [0.4, 0.5) is 15.8 Å². The lowest BCUT2D eigenvalue weighted by Gasteiger charge is -2.40. The molecule has 1 amide bonds. The summed E-state index contributed by atoms with van der Waals surface area (Å²) < 4.78 is 17.9. The first-order chi connectivity index (χ1) is 12.4. The van der Waals surface area contributed by atoms with E-state index in [1.165, 1.54) is 19.2 Å². The van der Waals surface area contributed by atoms with Crippen molar-refractivity contribution in [3.8, 4) is 0 Å². The zero-order valence-electron chi connectivity index (χ0n) is 15.0. The van der Waals surface area contributed by atoms with E-state index in [4.69, 9.17) is 4.74 Å². The molecular weight excluding hydrogens is 335 g/mol. The molecule has 0 unspecified atom stereocenters. The Labute approximate surface area is 151 Å². The summed E-state index contributed by atoms with van der Waals surface area (Å²) in [4.78, 5) is 26.4. The molecule has 1 N–H and O–H groups in total. The van der Waals surface area contributed by atoms with Gasteiger partial charge in [0.25, 0.3) is 0 Å². The van der Waals surface area contributed by atoms with Crippen molar-refractivity contribution >= 4 is 23.3 Å². The van der Waals surface area contributed by atoms with Gasteiger partial charge < -0.3 is 15.0 Å². The van der Waals surface area contributed by atoms with E-state index >= 15 is 0 Å². The van der Waals surface area contributed by atoms with Crippen molar-refractivity contribution in [3.63, 3.8) is 0 Å². The summed E-state index contributed by atoms with van der Waals surface area (Å²) in [6, 6.07) is 11.0. The molecule has 0 fully saturated rings. The highest BCUT2D eigenvalue weighted by Gasteiger charge is 2.35. The molecule has 6 heteroatoms. The van der Waals surface area contributed by atoms with Crippen molar-refractivity contribution in [1.82, 2.24) is 0 Å². The Morgan fingerprint density at radius 2 is 1.92 bits per heavy atom. The van der Waals surface area contributed by atoms with Gasteiger partial charge in [-0.25, -0.2) is 9.18 Å². The number of hydrogen-bond donors (Lipinski definition) is 1. The van der Waals surface area contributed by atoms with Crippen LogP contribution in [0.3, 0.4) is 0 Å². The third kappa shape index (κ3) is 3.40. The minimum atomic E-state index is -0.460. The first kappa shape index (κ1) is 17.9. The summed E-state index contributed by atoms with van der Waals surface area (Å²) >= 11 is 0. The van der Waals surface area contributed by atoms with Gasteiger partial charge in [-0.1, -0.05) is 26.0 Å². The molecule has 26 heavy (non-hydrogen) atoms. The first-order valence-corrected chi connectivity index (χ1v) is 8.45. The minimum absolute atomic E-state index is 0.0730. The van der Waals surface area contributed by atoms with E-state index in [1.54, 1.807) is 30.3 Å². The molecule has 2 aromatic carbocycles. The molecule has 0 aromatic heterocycles. The summed E-state index contributed by atoms with van der Waals surface area (Å²) in [7, 11) is 1.32. The van der Waals surface area contributed by atoms with Crippen LogP contribution in [0.15, 0.2) is 42.5 Å². The zero-order chi connectivity index (χ0) is 18.8. The van der Waals surface area contributed by atoms with Crippen molar-refractivity contribution in [2.24, 2.45) is 5.92 Å². The number of halogens is 1. The number of benzene rings is 2. The lowest BCUT2D eigenvalue weighted by molar-refractivity contribution is -0.118. The van der Waals surface area contributed by atoms with Crippen LogP contribution >= 0.6 is 0 Å². The van der Waals surface area contributed by atoms with Crippen LogP contribution in [-0.4, -0.2) is 25.0 Å².